The van der Waals surface area contributed by atoms with Crippen molar-refractivity contribution in [2.24, 2.45) is 0 Å². The van der Waals surface area contributed by atoms with E-state index in [4.69, 9.17) is 0 Å². The standard InChI is InChI=1S/C12H22N2O2S/c1-3-5-10-13-12(6-7-12)11(15)14(10)8-4-9-17(2)16/h10,13H,3-9H2,1-2H3. The lowest BCUT2D eigenvalue weighted by Crippen LogP contribution is -2.38. The summed E-state index contributed by atoms with van der Waals surface area (Å²) < 4.78 is 11.0. The summed E-state index contributed by atoms with van der Waals surface area (Å²) in [5.74, 6) is 0.966. The van der Waals surface area contributed by atoms with Gasteiger partial charge < -0.3 is 4.90 Å². The van der Waals surface area contributed by atoms with Crippen LogP contribution in [0, 0.1) is 0 Å². The molecule has 2 aliphatic rings. The van der Waals surface area contributed by atoms with Crippen molar-refractivity contribution < 1.29 is 9.00 Å². The lowest BCUT2D eigenvalue weighted by atomic mass is 10.2. The summed E-state index contributed by atoms with van der Waals surface area (Å²) in [4.78, 5) is 14.2. The lowest BCUT2D eigenvalue weighted by molar-refractivity contribution is -0.130. The van der Waals surface area contributed by atoms with Crippen LogP contribution in [0.15, 0.2) is 0 Å². The predicted molar refractivity (Wildman–Crippen MR) is 69.1 cm³/mol. The summed E-state index contributed by atoms with van der Waals surface area (Å²) in [6, 6.07) is 0. The number of amides is 1. The first kappa shape index (κ1) is 13.0. The topological polar surface area (TPSA) is 49.4 Å². The average molecular weight is 258 g/mol. The maximum absolute atomic E-state index is 12.2. The van der Waals surface area contributed by atoms with Crippen LogP contribution in [0.1, 0.15) is 39.0 Å². The summed E-state index contributed by atoms with van der Waals surface area (Å²) in [5, 5.41) is 3.48. The highest BCUT2D eigenvalue weighted by atomic mass is 32.2. The zero-order valence-corrected chi connectivity index (χ0v) is 11.5. The van der Waals surface area contributed by atoms with E-state index in [1.165, 1.54) is 0 Å². The fourth-order valence-electron chi connectivity index (χ4n) is 2.56. The van der Waals surface area contributed by atoms with Crippen molar-refractivity contribution in [3.8, 4) is 0 Å². The van der Waals surface area contributed by atoms with E-state index in [9.17, 15) is 9.00 Å². The van der Waals surface area contributed by atoms with Crippen molar-refractivity contribution in [2.75, 3.05) is 18.6 Å². The Hall–Kier alpha value is -0.420. The second kappa shape index (κ2) is 5.06. The van der Waals surface area contributed by atoms with Gasteiger partial charge in [0.1, 0.15) is 0 Å². The van der Waals surface area contributed by atoms with Gasteiger partial charge in [-0.1, -0.05) is 13.3 Å². The van der Waals surface area contributed by atoms with Gasteiger partial charge in [-0.15, -0.1) is 0 Å². The molecule has 1 saturated heterocycles. The molecular formula is C12H22N2O2S. The Labute approximate surface area is 106 Å². The van der Waals surface area contributed by atoms with Crippen molar-refractivity contribution >= 4 is 16.7 Å². The maximum atomic E-state index is 12.2. The van der Waals surface area contributed by atoms with Gasteiger partial charge in [0.25, 0.3) is 0 Å². The summed E-state index contributed by atoms with van der Waals surface area (Å²) in [5.41, 5.74) is -0.203. The molecule has 1 amide bonds. The molecule has 0 aromatic rings. The van der Waals surface area contributed by atoms with Crippen LogP contribution >= 0.6 is 0 Å². The molecule has 0 radical (unpaired) electrons. The number of nitrogens with zero attached hydrogens (tertiary/aromatic N) is 1. The van der Waals surface area contributed by atoms with Gasteiger partial charge in [-0.25, -0.2) is 0 Å². The molecule has 1 spiro atoms. The molecule has 2 unspecified atom stereocenters. The summed E-state index contributed by atoms with van der Waals surface area (Å²) in [6.07, 6.45) is 6.84. The van der Waals surface area contributed by atoms with Crippen molar-refractivity contribution in [1.29, 1.82) is 0 Å². The predicted octanol–water partition coefficient (Wildman–Crippen LogP) is 0.846. The third-order valence-corrected chi connectivity index (χ3v) is 4.50. The monoisotopic (exact) mass is 258 g/mol. The Morgan fingerprint density at radius 3 is 2.76 bits per heavy atom. The van der Waals surface area contributed by atoms with Crippen LogP contribution in [0.4, 0.5) is 0 Å². The molecule has 98 valence electrons. The third-order valence-electron chi connectivity index (χ3n) is 3.63. The Morgan fingerprint density at radius 1 is 1.53 bits per heavy atom. The minimum Gasteiger partial charge on any atom is -0.326 e. The van der Waals surface area contributed by atoms with Crippen LogP contribution in [0.3, 0.4) is 0 Å². The van der Waals surface area contributed by atoms with Crippen LogP contribution < -0.4 is 5.32 Å². The van der Waals surface area contributed by atoms with E-state index in [2.05, 4.69) is 12.2 Å². The van der Waals surface area contributed by atoms with Crippen LogP contribution in [0.5, 0.6) is 0 Å². The van der Waals surface area contributed by atoms with Crippen molar-refractivity contribution in [3.63, 3.8) is 0 Å². The van der Waals surface area contributed by atoms with Crippen molar-refractivity contribution in [2.45, 2.75) is 50.7 Å². The second-order valence-electron chi connectivity index (χ2n) is 5.16. The second-order valence-corrected chi connectivity index (χ2v) is 6.71. The molecule has 2 fully saturated rings. The maximum Gasteiger partial charge on any atom is 0.244 e. The number of carbonyl (C=O) groups excluding carboxylic acids is 1. The largest absolute Gasteiger partial charge is 0.326 e. The fraction of sp³-hybridized carbons (Fsp3) is 0.917. The summed E-state index contributed by atoms with van der Waals surface area (Å²) in [7, 11) is -0.754. The zero-order chi connectivity index (χ0) is 12.5. The van der Waals surface area contributed by atoms with Crippen LogP contribution in [-0.4, -0.2) is 45.3 Å². The van der Waals surface area contributed by atoms with Gasteiger partial charge in [0.05, 0.1) is 11.7 Å². The molecule has 17 heavy (non-hydrogen) atoms. The molecule has 4 nitrogen and oxygen atoms in total. The van der Waals surface area contributed by atoms with E-state index in [-0.39, 0.29) is 17.6 Å². The molecule has 1 heterocycles. The van der Waals surface area contributed by atoms with Gasteiger partial charge in [-0.2, -0.15) is 0 Å². The van der Waals surface area contributed by atoms with Gasteiger partial charge in [-0.05, 0) is 25.7 Å². The normalized spacial score (nSPS) is 27.8. The van der Waals surface area contributed by atoms with Gasteiger partial charge in [-0.3, -0.25) is 14.3 Å². The molecule has 2 atom stereocenters. The number of hydrogen-bond donors (Lipinski definition) is 1. The van der Waals surface area contributed by atoms with Gasteiger partial charge in [0.15, 0.2) is 0 Å². The van der Waals surface area contributed by atoms with Crippen LogP contribution in [-0.2, 0) is 15.6 Å². The van der Waals surface area contributed by atoms with E-state index >= 15 is 0 Å². The van der Waals surface area contributed by atoms with Crippen molar-refractivity contribution in [3.05, 3.63) is 0 Å². The Balaban J connectivity index is 1.92. The Bertz CT molecular complexity index is 328. The van der Waals surface area contributed by atoms with Crippen LogP contribution in [0.2, 0.25) is 0 Å². The molecule has 1 aliphatic heterocycles. The number of nitrogens with one attached hydrogen (secondary N) is 1. The van der Waals surface area contributed by atoms with Crippen LogP contribution in [0.25, 0.3) is 0 Å². The molecule has 1 N–H and O–H groups in total. The minimum absolute atomic E-state index is 0.203. The lowest BCUT2D eigenvalue weighted by Gasteiger charge is -2.23. The highest BCUT2D eigenvalue weighted by Gasteiger charge is 2.58. The quantitative estimate of drug-likeness (QED) is 0.768. The number of carbonyl (C=O) groups is 1. The first-order valence-electron chi connectivity index (χ1n) is 6.48. The summed E-state index contributed by atoms with van der Waals surface area (Å²) >= 11 is 0. The SMILES string of the molecule is CCCC1NC2(CC2)C(=O)N1CCCS(C)=O. The van der Waals surface area contributed by atoms with E-state index in [0.29, 0.717) is 5.75 Å². The molecular weight excluding hydrogens is 236 g/mol. The fourth-order valence-corrected chi connectivity index (χ4v) is 3.09. The van der Waals surface area contributed by atoms with E-state index < -0.39 is 10.8 Å². The van der Waals surface area contributed by atoms with E-state index in [1.54, 1.807) is 6.26 Å². The Kier molecular flexibility index (Phi) is 3.88. The third kappa shape index (κ3) is 2.71. The molecule has 0 aromatic carbocycles. The van der Waals surface area contributed by atoms with E-state index in [1.807, 2.05) is 4.90 Å². The molecule has 1 saturated carbocycles. The smallest absolute Gasteiger partial charge is 0.244 e. The molecule has 1 aliphatic carbocycles. The molecule has 2 rings (SSSR count). The summed E-state index contributed by atoms with van der Waals surface area (Å²) in [6.45, 7) is 2.89. The highest BCUT2D eigenvalue weighted by Crippen LogP contribution is 2.42. The number of rotatable bonds is 6. The average Bonchev–Trinajstić information content (AvgIpc) is 2.99. The molecule has 0 bridgehead atoms. The zero-order valence-electron chi connectivity index (χ0n) is 10.7. The van der Waals surface area contributed by atoms with E-state index in [0.717, 1.165) is 38.6 Å². The number of hydrogen-bond acceptors (Lipinski definition) is 3. The first-order chi connectivity index (χ1) is 8.09. The van der Waals surface area contributed by atoms with Gasteiger partial charge >= 0.3 is 0 Å². The van der Waals surface area contributed by atoms with Gasteiger partial charge in [0, 0.05) is 29.4 Å². The Morgan fingerprint density at radius 2 is 2.24 bits per heavy atom. The minimum atomic E-state index is -0.754. The highest BCUT2D eigenvalue weighted by molar-refractivity contribution is 7.84. The molecule has 5 heteroatoms. The van der Waals surface area contributed by atoms with Gasteiger partial charge in [0.2, 0.25) is 5.91 Å². The molecule has 0 aromatic heterocycles. The van der Waals surface area contributed by atoms with Crippen molar-refractivity contribution in [1.82, 2.24) is 10.2 Å². The first-order valence-corrected chi connectivity index (χ1v) is 8.20.